The van der Waals surface area contributed by atoms with Gasteiger partial charge in [-0.1, -0.05) is 32.3 Å². The number of urea groups is 1. The van der Waals surface area contributed by atoms with Crippen molar-refractivity contribution < 1.29 is 13.2 Å². The van der Waals surface area contributed by atoms with Crippen molar-refractivity contribution in [3.63, 3.8) is 0 Å². The van der Waals surface area contributed by atoms with Crippen LogP contribution in [0.15, 0.2) is 23.1 Å². The molecule has 0 bridgehead atoms. The summed E-state index contributed by atoms with van der Waals surface area (Å²) in [6, 6.07) is 4.73. The molecule has 2 rings (SSSR count). The molecule has 0 aliphatic carbocycles. The van der Waals surface area contributed by atoms with Gasteiger partial charge in [-0.25, -0.2) is 13.2 Å². The van der Waals surface area contributed by atoms with Crippen molar-refractivity contribution in [1.29, 1.82) is 0 Å². The zero-order chi connectivity index (χ0) is 18.3. The summed E-state index contributed by atoms with van der Waals surface area (Å²) >= 11 is 0. The molecule has 2 N–H and O–H groups in total. The third kappa shape index (κ3) is 5.44. The quantitative estimate of drug-likeness (QED) is 0.756. The van der Waals surface area contributed by atoms with Gasteiger partial charge in [0.15, 0.2) is 0 Å². The molecule has 140 valence electrons. The molecular weight excluding hydrogens is 338 g/mol. The number of carbonyl (C=O) groups excluding carboxylic acids is 1. The number of nitrogens with zero attached hydrogens (tertiary/aromatic N) is 1. The SMILES string of the molecule is CCCCNC(=O)Nc1ccc(C)c(S(=O)(=O)N2CCCCCC2)c1. The Morgan fingerprint density at radius 3 is 2.48 bits per heavy atom. The highest BCUT2D eigenvalue weighted by Crippen LogP contribution is 2.25. The molecule has 0 saturated carbocycles. The molecule has 7 heteroatoms. The van der Waals surface area contributed by atoms with E-state index in [2.05, 4.69) is 17.6 Å². The van der Waals surface area contributed by atoms with Crippen LogP contribution in [0.1, 0.15) is 51.0 Å². The van der Waals surface area contributed by atoms with Gasteiger partial charge in [-0.2, -0.15) is 4.31 Å². The van der Waals surface area contributed by atoms with Crippen LogP contribution in [0.2, 0.25) is 0 Å². The van der Waals surface area contributed by atoms with Crippen molar-refractivity contribution in [3.05, 3.63) is 23.8 Å². The fraction of sp³-hybridized carbons (Fsp3) is 0.611. The number of benzene rings is 1. The van der Waals surface area contributed by atoms with Crippen LogP contribution in [0.25, 0.3) is 0 Å². The lowest BCUT2D eigenvalue weighted by Gasteiger charge is -2.21. The maximum atomic E-state index is 13.0. The Morgan fingerprint density at radius 2 is 1.84 bits per heavy atom. The molecule has 1 aliphatic rings. The van der Waals surface area contributed by atoms with E-state index in [0.29, 0.717) is 30.9 Å². The van der Waals surface area contributed by atoms with Crippen molar-refractivity contribution in [2.75, 3.05) is 25.0 Å². The Balaban J connectivity index is 2.16. The number of hydrogen-bond donors (Lipinski definition) is 2. The first-order valence-corrected chi connectivity index (χ1v) is 10.5. The Kier molecular flexibility index (Phi) is 7.25. The second-order valence-electron chi connectivity index (χ2n) is 6.53. The number of aryl methyl sites for hydroxylation is 1. The largest absolute Gasteiger partial charge is 0.338 e. The third-order valence-electron chi connectivity index (χ3n) is 4.44. The molecule has 0 atom stereocenters. The lowest BCUT2D eigenvalue weighted by Crippen LogP contribution is -2.32. The summed E-state index contributed by atoms with van der Waals surface area (Å²) in [5.41, 5.74) is 1.19. The molecule has 6 nitrogen and oxygen atoms in total. The number of rotatable bonds is 6. The van der Waals surface area contributed by atoms with Gasteiger partial charge in [0.1, 0.15) is 0 Å². The molecule has 0 unspecified atom stereocenters. The van der Waals surface area contributed by atoms with Crippen LogP contribution in [0, 0.1) is 6.92 Å². The fourth-order valence-electron chi connectivity index (χ4n) is 2.93. The average molecular weight is 368 g/mol. The molecule has 1 saturated heterocycles. The van der Waals surface area contributed by atoms with E-state index in [1.54, 1.807) is 29.4 Å². The number of sulfonamides is 1. The first-order valence-electron chi connectivity index (χ1n) is 9.11. The summed E-state index contributed by atoms with van der Waals surface area (Å²) in [5.74, 6) is 0. The number of anilines is 1. The van der Waals surface area contributed by atoms with E-state index < -0.39 is 10.0 Å². The number of carbonyl (C=O) groups is 1. The van der Waals surface area contributed by atoms with E-state index in [4.69, 9.17) is 0 Å². The van der Waals surface area contributed by atoms with Crippen molar-refractivity contribution in [3.8, 4) is 0 Å². The van der Waals surface area contributed by atoms with Gasteiger partial charge >= 0.3 is 6.03 Å². The van der Waals surface area contributed by atoms with Gasteiger partial charge in [0.05, 0.1) is 4.90 Å². The molecule has 1 aromatic carbocycles. The lowest BCUT2D eigenvalue weighted by molar-refractivity contribution is 0.252. The highest BCUT2D eigenvalue weighted by molar-refractivity contribution is 7.89. The highest BCUT2D eigenvalue weighted by Gasteiger charge is 2.27. The van der Waals surface area contributed by atoms with Crippen molar-refractivity contribution >= 4 is 21.7 Å². The van der Waals surface area contributed by atoms with Gasteiger partial charge in [0, 0.05) is 25.3 Å². The first kappa shape index (κ1) is 19.7. The second-order valence-corrected chi connectivity index (χ2v) is 8.44. The predicted octanol–water partition coefficient (Wildman–Crippen LogP) is 3.48. The van der Waals surface area contributed by atoms with Crippen LogP contribution in [0.3, 0.4) is 0 Å². The molecule has 2 amide bonds. The summed E-state index contributed by atoms with van der Waals surface area (Å²) in [5, 5.41) is 5.49. The van der Waals surface area contributed by atoms with Crippen LogP contribution in [0.5, 0.6) is 0 Å². The van der Waals surface area contributed by atoms with Gasteiger partial charge in [-0.05, 0) is 43.9 Å². The molecule has 1 fully saturated rings. The van der Waals surface area contributed by atoms with Gasteiger partial charge in [0.2, 0.25) is 10.0 Å². The fourth-order valence-corrected chi connectivity index (χ4v) is 4.70. The maximum Gasteiger partial charge on any atom is 0.319 e. The molecule has 1 aliphatic heterocycles. The molecular formula is C18H29N3O3S. The van der Waals surface area contributed by atoms with E-state index >= 15 is 0 Å². The highest BCUT2D eigenvalue weighted by atomic mass is 32.2. The van der Waals surface area contributed by atoms with Crippen LogP contribution in [0.4, 0.5) is 10.5 Å². The monoisotopic (exact) mass is 367 g/mol. The lowest BCUT2D eigenvalue weighted by atomic mass is 10.2. The molecule has 25 heavy (non-hydrogen) atoms. The standard InChI is InChI=1S/C18H29N3O3S/c1-3-4-11-19-18(22)20-16-10-9-15(2)17(14-16)25(23,24)21-12-7-5-6-8-13-21/h9-10,14H,3-8,11-13H2,1-2H3,(H2,19,20,22). The maximum absolute atomic E-state index is 13.0. The third-order valence-corrected chi connectivity index (χ3v) is 6.49. The van der Waals surface area contributed by atoms with Crippen LogP contribution >= 0.6 is 0 Å². The number of hydrogen-bond acceptors (Lipinski definition) is 3. The second kappa shape index (κ2) is 9.20. The minimum absolute atomic E-state index is 0.278. The van der Waals surface area contributed by atoms with E-state index in [0.717, 1.165) is 38.5 Å². The number of nitrogens with one attached hydrogen (secondary N) is 2. The summed E-state index contributed by atoms with van der Waals surface area (Å²) < 4.78 is 27.6. The van der Waals surface area contributed by atoms with Crippen LogP contribution in [-0.2, 0) is 10.0 Å². The molecule has 0 aromatic heterocycles. The topological polar surface area (TPSA) is 78.5 Å². The van der Waals surface area contributed by atoms with Gasteiger partial charge < -0.3 is 10.6 Å². The zero-order valence-corrected chi connectivity index (χ0v) is 16.0. The molecule has 1 heterocycles. The number of unbranched alkanes of at least 4 members (excludes halogenated alkanes) is 1. The van der Waals surface area contributed by atoms with E-state index in [1.807, 2.05) is 0 Å². The Morgan fingerprint density at radius 1 is 1.16 bits per heavy atom. The molecule has 0 spiro atoms. The first-order chi connectivity index (χ1) is 11.9. The van der Waals surface area contributed by atoms with Crippen molar-refractivity contribution in [2.24, 2.45) is 0 Å². The molecule has 0 radical (unpaired) electrons. The Labute approximate surface area is 151 Å². The summed E-state index contributed by atoms with van der Waals surface area (Å²) in [7, 11) is -3.53. The molecule has 1 aromatic rings. The van der Waals surface area contributed by atoms with Crippen molar-refractivity contribution in [1.82, 2.24) is 9.62 Å². The zero-order valence-electron chi connectivity index (χ0n) is 15.2. The predicted molar refractivity (Wildman–Crippen MR) is 100 cm³/mol. The minimum atomic E-state index is -3.53. The van der Waals surface area contributed by atoms with Crippen LogP contribution < -0.4 is 10.6 Å². The summed E-state index contributed by atoms with van der Waals surface area (Å²) in [4.78, 5) is 12.2. The van der Waals surface area contributed by atoms with E-state index in [-0.39, 0.29) is 10.9 Å². The number of amides is 2. The van der Waals surface area contributed by atoms with Gasteiger partial charge in [0.25, 0.3) is 0 Å². The summed E-state index contributed by atoms with van der Waals surface area (Å²) in [6.07, 6.45) is 5.86. The van der Waals surface area contributed by atoms with Crippen LogP contribution in [-0.4, -0.2) is 38.4 Å². The van der Waals surface area contributed by atoms with Gasteiger partial charge in [-0.15, -0.1) is 0 Å². The van der Waals surface area contributed by atoms with E-state index in [1.165, 1.54) is 0 Å². The summed E-state index contributed by atoms with van der Waals surface area (Å²) in [6.45, 7) is 5.58. The Hall–Kier alpha value is -1.60. The normalized spacial score (nSPS) is 16.2. The smallest absolute Gasteiger partial charge is 0.319 e. The van der Waals surface area contributed by atoms with Gasteiger partial charge in [-0.3, -0.25) is 0 Å². The van der Waals surface area contributed by atoms with Crippen molar-refractivity contribution in [2.45, 2.75) is 57.3 Å². The van der Waals surface area contributed by atoms with E-state index in [9.17, 15) is 13.2 Å². The average Bonchev–Trinajstić information content (AvgIpc) is 2.86. The Bertz CT molecular complexity index is 681. The minimum Gasteiger partial charge on any atom is -0.338 e.